The summed E-state index contributed by atoms with van der Waals surface area (Å²) in [5, 5.41) is 5.26. The molecule has 0 spiro atoms. The quantitative estimate of drug-likeness (QED) is 0.194. The van der Waals surface area contributed by atoms with Crippen LogP contribution in [-0.2, 0) is 0 Å². The second-order valence-electron chi connectivity index (χ2n) is 12.2. The Balaban J connectivity index is 1.25. The van der Waals surface area contributed by atoms with Gasteiger partial charge in [-0.25, -0.2) is 0 Å². The molecule has 0 saturated heterocycles. The van der Waals surface area contributed by atoms with E-state index in [0.29, 0.717) is 0 Å². The van der Waals surface area contributed by atoms with E-state index >= 15 is 0 Å². The molecule has 1 aliphatic heterocycles. The summed E-state index contributed by atoms with van der Waals surface area (Å²) in [4.78, 5) is 7.01. The molecule has 45 heavy (non-hydrogen) atoms. The van der Waals surface area contributed by atoms with Crippen LogP contribution in [0.25, 0.3) is 43.8 Å². The van der Waals surface area contributed by atoms with Crippen LogP contribution >= 0.6 is 0 Å². The fraction of sp³-hybridized carbons (Fsp3) is 0.0930. The van der Waals surface area contributed by atoms with Crippen LogP contribution in [0.5, 0.6) is 0 Å². The maximum atomic E-state index is 4.55. The van der Waals surface area contributed by atoms with Crippen LogP contribution in [0.4, 0.5) is 11.4 Å². The minimum Gasteiger partial charge on any atom is -0.333 e. The summed E-state index contributed by atoms with van der Waals surface area (Å²) in [6, 6.07) is 40.1. The Labute approximate surface area is 264 Å². The van der Waals surface area contributed by atoms with Crippen molar-refractivity contribution in [3.05, 3.63) is 175 Å². The molecule has 0 N–H and O–H groups in total. The molecule has 214 valence electrons. The normalized spacial score (nSPS) is 18.5. The van der Waals surface area contributed by atoms with Gasteiger partial charge in [0.1, 0.15) is 0 Å². The van der Waals surface area contributed by atoms with E-state index in [4.69, 9.17) is 0 Å². The zero-order valence-electron chi connectivity index (χ0n) is 25.0. The Morgan fingerprint density at radius 1 is 0.689 bits per heavy atom. The molecular weight excluding hydrogens is 544 g/mol. The SMILES string of the molecule is C1=CCCC(c2c3ccccc3c(-c3ccccc3)c3cc(C4=CC5c6cnccc6N(c6ccccc6)C5C=C4)ccc23)=C1. The molecular formula is C43H32N2. The van der Waals surface area contributed by atoms with Crippen LogP contribution in [0.3, 0.4) is 0 Å². The number of pyridine rings is 1. The minimum absolute atomic E-state index is 0.220. The van der Waals surface area contributed by atoms with Crippen LogP contribution in [0, 0.1) is 0 Å². The molecule has 2 aliphatic carbocycles. The first kappa shape index (κ1) is 26.0. The Bertz CT molecular complexity index is 2220. The van der Waals surface area contributed by atoms with E-state index in [0.717, 1.165) is 12.8 Å². The van der Waals surface area contributed by atoms with Gasteiger partial charge >= 0.3 is 0 Å². The van der Waals surface area contributed by atoms with E-state index in [2.05, 4.69) is 162 Å². The fourth-order valence-corrected chi connectivity index (χ4v) is 7.75. The van der Waals surface area contributed by atoms with Gasteiger partial charge in [-0.05, 0) is 92.1 Å². The molecule has 2 atom stereocenters. The third kappa shape index (κ3) is 4.21. The molecule has 3 aliphatic rings. The molecule has 5 aromatic carbocycles. The predicted molar refractivity (Wildman–Crippen MR) is 190 cm³/mol. The monoisotopic (exact) mass is 576 g/mol. The fourth-order valence-electron chi connectivity index (χ4n) is 7.75. The first-order valence-electron chi connectivity index (χ1n) is 15.9. The highest BCUT2D eigenvalue weighted by atomic mass is 15.2. The van der Waals surface area contributed by atoms with Crippen molar-refractivity contribution in [2.24, 2.45) is 0 Å². The highest BCUT2D eigenvalue weighted by molar-refractivity contribution is 6.19. The number of benzene rings is 5. The van der Waals surface area contributed by atoms with Gasteiger partial charge in [-0.1, -0.05) is 121 Å². The summed E-state index contributed by atoms with van der Waals surface area (Å²) in [5.74, 6) is 0.226. The van der Waals surface area contributed by atoms with Gasteiger partial charge in [0.25, 0.3) is 0 Å². The third-order valence-electron chi connectivity index (χ3n) is 9.73. The summed E-state index contributed by atoms with van der Waals surface area (Å²) in [6.45, 7) is 0. The van der Waals surface area contributed by atoms with Crippen LogP contribution < -0.4 is 4.90 Å². The maximum Gasteiger partial charge on any atom is 0.0630 e. The number of allylic oxidation sites excluding steroid dienone is 6. The van der Waals surface area contributed by atoms with E-state index in [1.807, 2.05) is 6.20 Å². The molecule has 2 heteroatoms. The Morgan fingerprint density at radius 2 is 1.44 bits per heavy atom. The van der Waals surface area contributed by atoms with Crippen molar-refractivity contribution in [3.8, 4) is 11.1 Å². The second kappa shape index (κ2) is 10.6. The summed E-state index contributed by atoms with van der Waals surface area (Å²) < 4.78 is 0. The topological polar surface area (TPSA) is 16.1 Å². The van der Waals surface area contributed by atoms with Gasteiger partial charge in [0.05, 0.1) is 6.04 Å². The average Bonchev–Trinajstić information content (AvgIpc) is 3.45. The molecule has 0 bridgehead atoms. The van der Waals surface area contributed by atoms with Crippen LogP contribution in [0.15, 0.2) is 158 Å². The van der Waals surface area contributed by atoms with Gasteiger partial charge in [-0.2, -0.15) is 0 Å². The summed E-state index contributed by atoms with van der Waals surface area (Å²) >= 11 is 0. The average molecular weight is 577 g/mol. The molecule has 0 radical (unpaired) electrons. The number of anilines is 2. The molecule has 2 nitrogen and oxygen atoms in total. The lowest BCUT2D eigenvalue weighted by molar-refractivity contribution is 0.746. The van der Waals surface area contributed by atoms with Gasteiger partial charge in [-0.15, -0.1) is 0 Å². The molecule has 2 heterocycles. The number of aromatic nitrogens is 1. The minimum atomic E-state index is 0.220. The summed E-state index contributed by atoms with van der Waals surface area (Å²) in [6.07, 6.45) is 20.1. The third-order valence-corrected chi connectivity index (χ3v) is 9.73. The molecule has 0 fully saturated rings. The highest BCUT2D eigenvalue weighted by Crippen LogP contribution is 2.49. The second-order valence-corrected chi connectivity index (χ2v) is 12.2. The number of fused-ring (bicyclic) bond motifs is 5. The Hall–Kier alpha value is -5.47. The van der Waals surface area contributed by atoms with Crippen molar-refractivity contribution in [2.75, 3.05) is 4.90 Å². The van der Waals surface area contributed by atoms with Crippen LogP contribution in [0.2, 0.25) is 0 Å². The largest absolute Gasteiger partial charge is 0.333 e. The van der Waals surface area contributed by atoms with E-state index in [1.54, 1.807) is 0 Å². The van der Waals surface area contributed by atoms with Crippen molar-refractivity contribution in [2.45, 2.75) is 24.8 Å². The predicted octanol–water partition coefficient (Wildman–Crippen LogP) is 11.0. The summed E-state index contributed by atoms with van der Waals surface area (Å²) in [5.41, 5.74) is 11.6. The molecule has 2 unspecified atom stereocenters. The number of hydrogen-bond donors (Lipinski definition) is 0. The highest BCUT2D eigenvalue weighted by Gasteiger charge is 2.38. The van der Waals surface area contributed by atoms with Crippen molar-refractivity contribution >= 4 is 44.1 Å². The van der Waals surface area contributed by atoms with E-state index in [1.165, 1.54) is 71.9 Å². The van der Waals surface area contributed by atoms with Gasteiger partial charge in [0.15, 0.2) is 0 Å². The Kier molecular flexibility index (Phi) is 6.12. The molecule has 0 saturated carbocycles. The number of nitrogens with zero attached hydrogens (tertiary/aromatic N) is 2. The molecule has 0 amide bonds. The van der Waals surface area contributed by atoms with E-state index < -0.39 is 0 Å². The maximum absolute atomic E-state index is 4.55. The van der Waals surface area contributed by atoms with E-state index in [-0.39, 0.29) is 12.0 Å². The van der Waals surface area contributed by atoms with Crippen LogP contribution in [-0.4, -0.2) is 11.0 Å². The number of para-hydroxylation sites is 1. The van der Waals surface area contributed by atoms with Gasteiger partial charge in [0.2, 0.25) is 0 Å². The van der Waals surface area contributed by atoms with Crippen molar-refractivity contribution < 1.29 is 0 Å². The lowest BCUT2D eigenvalue weighted by Gasteiger charge is -2.29. The number of rotatable bonds is 4. The van der Waals surface area contributed by atoms with Gasteiger partial charge in [0, 0.05) is 35.2 Å². The summed E-state index contributed by atoms with van der Waals surface area (Å²) in [7, 11) is 0. The Morgan fingerprint density at radius 3 is 2.24 bits per heavy atom. The van der Waals surface area contributed by atoms with Crippen molar-refractivity contribution in [1.82, 2.24) is 4.98 Å². The zero-order valence-corrected chi connectivity index (χ0v) is 25.0. The van der Waals surface area contributed by atoms with Gasteiger partial charge in [-0.3, -0.25) is 4.98 Å². The first-order chi connectivity index (χ1) is 22.3. The lowest BCUT2D eigenvalue weighted by atomic mass is 9.82. The van der Waals surface area contributed by atoms with Crippen LogP contribution in [0.1, 0.15) is 35.4 Å². The van der Waals surface area contributed by atoms with Gasteiger partial charge < -0.3 is 4.90 Å². The molecule has 1 aromatic heterocycles. The zero-order chi connectivity index (χ0) is 29.7. The lowest BCUT2D eigenvalue weighted by Crippen LogP contribution is -2.28. The molecule has 6 aromatic rings. The number of hydrogen-bond acceptors (Lipinski definition) is 2. The standard InChI is InChI=1S/C43H32N2/c1-4-12-29(13-5-1)42-34-18-10-11-19-35(34)43(30-14-6-2-7-15-30)38-27-31(20-22-36(38)42)32-21-23-40-37(26-32)39-28-44-25-24-41(39)45(40)33-16-8-3-9-17-33/h1-4,6-12,14-28,37,40H,5,13H2. The first-order valence-corrected chi connectivity index (χ1v) is 15.9. The van der Waals surface area contributed by atoms with E-state index in [9.17, 15) is 0 Å². The van der Waals surface area contributed by atoms with Crippen molar-refractivity contribution in [3.63, 3.8) is 0 Å². The van der Waals surface area contributed by atoms with Crippen molar-refractivity contribution in [1.29, 1.82) is 0 Å². The molecule has 9 rings (SSSR count). The smallest absolute Gasteiger partial charge is 0.0630 e.